The number of amides is 1. The van der Waals surface area contributed by atoms with Crippen molar-refractivity contribution < 1.29 is 28.5 Å². The number of carbonyl (C=O) groups excluding carboxylic acids is 2. The Morgan fingerprint density at radius 3 is 2.77 bits per heavy atom. The Bertz CT molecular complexity index is 1010. The highest BCUT2D eigenvalue weighted by atomic mass is 16.5. The second-order valence-corrected chi connectivity index (χ2v) is 7.43. The highest BCUT2D eigenvalue weighted by molar-refractivity contribution is 5.96. The number of fused-ring (bicyclic) bond motifs is 1. The monoisotopic (exact) mass is 423 g/mol. The highest BCUT2D eigenvalue weighted by Gasteiger charge is 2.33. The van der Waals surface area contributed by atoms with E-state index < -0.39 is 5.97 Å². The molecule has 1 atom stereocenters. The molecular weight excluding hydrogens is 398 g/mol. The summed E-state index contributed by atoms with van der Waals surface area (Å²) in [5.74, 6) is 1.34. The fourth-order valence-electron chi connectivity index (χ4n) is 4.03. The summed E-state index contributed by atoms with van der Waals surface area (Å²) in [5.41, 5.74) is 2.09. The van der Waals surface area contributed by atoms with E-state index in [4.69, 9.17) is 18.9 Å². The van der Waals surface area contributed by atoms with E-state index in [0.29, 0.717) is 23.6 Å². The van der Waals surface area contributed by atoms with Crippen molar-refractivity contribution in [1.82, 2.24) is 4.90 Å². The largest absolute Gasteiger partial charge is 0.497 e. The van der Waals surface area contributed by atoms with E-state index in [1.165, 1.54) is 0 Å². The molecule has 162 valence electrons. The average Bonchev–Trinajstić information content (AvgIpc) is 3.31. The first-order valence-corrected chi connectivity index (χ1v) is 10.2. The lowest BCUT2D eigenvalue weighted by Gasteiger charge is -2.26. The molecule has 0 unspecified atom stereocenters. The summed E-state index contributed by atoms with van der Waals surface area (Å²) in [6, 6.07) is 12.9. The van der Waals surface area contributed by atoms with Gasteiger partial charge >= 0.3 is 5.97 Å². The Morgan fingerprint density at radius 1 is 1.13 bits per heavy atom. The number of nitrogens with zero attached hydrogens (tertiary/aromatic N) is 1. The molecule has 2 aromatic rings. The number of hydrogen-bond acceptors (Lipinski definition) is 6. The van der Waals surface area contributed by atoms with Gasteiger partial charge in [-0.3, -0.25) is 4.79 Å². The summed E-state index contributed by atoms with van der Waals surface area (Å²) in [5, 5.41) is 0. The first-order chi connectivity index (χ1) is 15.1. The van der Waals surface area contributed by atoms with E-state index in [-0.39, 0.29) is 25.2 Å². The number of esters is 1. The molecule has 2 aliphatic rings. The number of benzene rings is 2. The number of rotatable bonds is 6. The molecule has 2 aliphatic heterocycles. The molecule has 1 fully saturated rings. The van der Waals surface area contributed by atoms with Crippen molar-refractivity contribution in [3.63, 3.8) is 0 Å². The number of hydrogen-bond donors (Lipinski definition) is 0. The van der Waals surface area contributed by atoms with Crippen molar-refractivity contribution >= 4 is 18.0 Å². The maximum Gasteiger partial charge on any atom is 0.338 e. The van der Waals surface area contributed by atoms with Crippen LogP contribution in [0.15, 0.2) is 48.0 Å². The Kier molecular flexibility index (Phi) is 6.11. The van der Waals surface area contributed by atoms with Crippen molar-refractivity contribution in [2.75, 3.05) is 34.0 Å². The lowest BCUT2D eigenvalue weighted by molar-refractivity contribution is -0.149. The van der Waals surface area contributed by atoms with E-state index in [9.17, 15) is 9.59 Å². The zero-order chi connectivity index (χ0) is 21.8. The number of likely N-dealkylation sites (tertiary alicyclic amines) is 1. The average molecular weight is 423 g/mol. The Morgan fingerprint density at radius 2 is 1.97 bits per heavy atom. The third-order valence-electron chi connectivity index (χ3n) is 5.59. The number of ether oxygens (including phenoxy) is 4. The van der Waals surface area contributed by atoms with Crippen LogP contribution < -0.4 is 14.2 Å². The molecule has 0 saturated carbocycles. The van der Waals surface area contributed by atoms with Crippen molar-refractivity contribution in [1.29, 1.82) is 0 Å². The summed E-state index contributed by atoms with van der Waals surface area (Å²) in [6.45, 7) is 0.401. The molecule has 7 heteroatoms. The highest BCUT2D eigenvalue weighted by Crippen LogP contribution is 2.39. The van der Waals surface area contributed by atoms with Crippen LogP contribution in [-0.2, 0) is 14.3 Å². The second kappa shape index (κ2) is 9.12. The van der Waals surface area contributed by atoms with Crippen molar-refractivity contribution in [2.24, 2.45) is 0 Å². The molecule has 4 rings (SSSR count). The van der Waals surface area contributed by atoms with Crippen LogP contribution in [0.25, 0.3) is 6.08 Å². The van der Waals surface area contributed by atoms with Crippen LogP contribution in [0.4, 0.5) is 0 Å². The normalized spacial score (nSPS) is 17.3. The van der Waals surface area contributed by atoms with E-state index in [0.717, 1.165) is 29.7 Å². The van der Waals surface area contributed by atoms with Gasteiger partial charge in [-0.15, -0.1) is 0 Å². The van der Waals surface area contributed by atoms with Gasteiger partial charge in [-0.1, -0.05) is 18.2 Å². The second-order valence-electron chi connectivity index (χ2n) is 7.43. The maximum atomic E-state index is 12.9. The fraction of sp³-hybridized carbons (Fsp3) is 0.333. The number of para-hydroxylation sites is 1. The van der Waals surface area contributed by atoms with Crippen LogP contribution in [-0.4, -0.2) is 50.8 Å². The molecule has 2 heterocycles. The van der Waals surface area contributed by atoms with Crippen LogP contribution in [0.1, 0.15) is 30.0 Å². The Hall–Kier alpha value is -3.48. The Labute approximate surface area is 181 Å². The SMILES string of the molecule is COc1ccc(OC)c([C@@H]2CCCN2C(=O)COC(=O)C2=Cc3ccccc3OC2)c1. The smallest absolute Gasteiger partial charge is 0.338 e. The molecule has 0 spiro atoms. The summed E-state index contributed by atoms with van der Waals surface area (Å²) in [7, 11) is 3.21. The van der Waals surface area contributed by atoms with Crippen molar-refractivity contribution in [2.45, 2.75) is 18.9 Å². The topological polar surface area (TPSA) is 74.3 Å². The zero-order valence-corrected chi connectivity index (χ0v) is 17.6. The van der Waals surface area contributed by atoms with Crippen LogP contribution in [0.5, 0.6) is 17.2 Å². The standard InChI is InChI=1S/C24H25NO6/c1-28-18-9-10-22(29-2)19(13-18)20-7-5-11-25(20)23(26)15-31-24(27)17-12-16-6-3-4-8-21(16)30-14-17/h3-4,6,8-10,12-13,20H,5,7,11,14-15H2,1-2H3/t20-/m0/s1. The minimum atomic E-state index is -0.544. The van der Waals surface area contributed by atoms with E-state index >= 15 is 0 Å². The third kappa shape index (κ3) is 4.35. The van der Waals surface area contributed by atoms with Crippen LogP contribution in [0, 0.1) is 0 Å². The third-order valence-corrected chi connectivity index (χ3v) is 5.59. The van der Waals surface area contributed by atoms with Gasteiger partial charge in [0.25, 0.3) is 5.91 Å². The minimum absolute atomic E-state index is 0.122. The van der Waals surface area contributed by atoms with Gasteiger partial charge in [0.15, 0.2) is 6.61 Å². The molecular formula is C24H25NO6. The van der Waals surface area contributed by atoms with E-state index in [1.54, 1.807) is 25.2 Å². The minimum Gasteiger partial charge on any atom is -0.497 e. The van der Waals surface area contributed by atoms with Gasteiger partial charge in [0.05, 0.1) is 25.8 Å². The van der Waals surface area contributed by atoms with Crippen LogP contribution in [0.3, 0.4) is 0 Å². The summed E-state index contributed by atoms with van der Waals surface area (Å²) < 4.78 is 21.7. The van der Waals surface area contributed by atoms with E-state index in [2.05, 4.69) is 0 Å². The summed E-state index contributed by atoms with van der Waals surface area (Å²) >= 11 is 0. The van der Waals surface area contributed by atoms with Crippen molar-refractivity contribution in [3.8, 4) is 17.2 Å². The number of carbonyl (C=O) groups is 2. The summed E-state index contributed by atoms with van der Waals surface area (Å²) in [4.78, 5) is 27.1. The lowest BCUT2D eigenvalue weighted by Crippen LogP contribution is -2.34. The van der Waals surface area contributed by atoms with Gasteiger partial charge < -0.3 is 23.8 Å². The predicted molar refractivity (Wildman–Crippen MR) is 114 cm³/mol. The van der Waals surface area contributed by atoms with Crippen molar-refractivity contribution in [3.05, 3.63) is 59.2 Å². The molecule has 1 amide bonds. The summed E-state index contributed by atoms with van der Waals surface area (Å²) in [6.07, 6.45) is 3.41. The lowest BCUT2D eigenvalue weighted by atomic mass is 10.0. The van der Waals surface area contributed by atoms with Gasteiger partial charge in [-0.25, -0.2) is 4.79 Å². The molecule has 0 bridgehead atoms. The molecule has 0 N–H and O–H groups in total. The first kappa shape index (κ1) is 20.8. The zero-order valence-electron chi connectivity index (χ0n) is 17.6. The van der Waals surface area contributed by atoms with Gasteiger partial charge in [-0.2, -0.15) is 0 Å². The van der Waals surface area contributed by atoms with E-state index in [1.807, 2.05) is 42.5 Å². The van der Waals surface area contributed by atoms with Gasteiger partial charge in [0, 0.05) is 17.7 Å². The fourth-order valence-corrected chi connectivity index (χ4v) is 4.03. The van der Waals surface area contributed by atoms with Gasteiger partial charge in [-0.05, 0) is 43.2 Å². The predicted octanol–water partition coefficient (Wildman–Crippen LogP) is 3.39. The molecule has 1 saturated heterocycles. The number of methoxy groups -OCH3 is 2. The molecule has 7 nitrogen and oxygen atoms in total. The van der Waals surface area contributed by atoms with Gasteiger partial charge in [0.2, 0.25) is 0 Å². The van der Waals surface area contributed by atoms with Crippen LogP contribution in [0.2, 0.25) is 0 Å². The first-order valence-electron chi connectivity index (χ1n) is 10.2. The van der Waals surface area contributed by atoms with Gasteiger partial charge in [0.1, 0.15) is 23.9 Å². The maximum absolute atomic E-state index is 12.9. The Balaban J connectivity index is 1.43. The quantitative estimate of drug-likeness (QED) is 0.663. The molecule has 0 aliphatic carbocycles. The molecule has 31 heavy (non-hydrogen) atoms. The molecule has 0 aromatic heterocycles. The van der Waals surface area contributed by atoms with Crippen LogP contribution >= 0.6 is 0 Å². The molecule has 2 aromatic carbocycles. The molecule has 0 radical (unpaired) electrons.